The Labute approximate surface area is 121 Å². The number of amides is 1. The molecule has 2 atom stereocenters. The molecule has 0 aromatic heterocycles. The molecule has 1 aliphatic carbocycles. The fourth-order valence-electron chi connectivity index (χ4n) is 2.27. The number of ether oxygens (including phenoxy) is 1. The average molecular weight is 292 g/mol. The quantitative estimate of drug-likeness (QED) is 0.768. The van der Waals surface area contributed by atoms with Crippen molar-refractivity contribution in [2.24, 2.45) is 11.7 Å². The van der Waals surface area contributed by atoms with E-state index in [4.69, 9.17) is 10.5 Å². The SMILES string of the molecule is CC(C)[C@H](N)C(=O)NCC1CN(C2CC2)CCO1.Cl. The predicted molar refractivity (Wildman–Crippen MR) is 77.4 cm³/mol. The zero-order valence-electron chi connectivity index (χ0n) is 11.8. The van der Waals surface area contributed by atoms with E-state index in [9.17, 15) is 4.79 Å². The van der Waals surface area contributed by atoms with Gasteiger partial charge in [-0.15, -0.1) is 12.4 Å². The molecular weight excluding hydrogens is 266 g/mol. The molecule has 2 aliphatic rings. The Balaban J connectivity index is 0.00000180. The van der Waals surface area contributed by atoms with Crippen LogP contribution in [0.4, 0.5) is 0 Å². The number of hydrogen-bond donors (Lipinski definition) is 2. The van der Waals surface area contributed by atoms with Crippen LogP contribution in [0.2, 0.25) is 0 Å². The Morgan fingerprint density at radius 1 is 1.47 bits per heavy atom. The van der Waals surface area contributed by atoms with Gasteiger partial charge in [0.1, 0.15) is 0 Å². The Morgan fingerprint density at radius 2 is 2.16 bits per heavy atom. The van der Waals surface area contributed by atoms with Crippen LogP contribution in [0.5, 0.6) is 0 Å². The van der Waals surface area contributed by atoms with Crippen molar-refractivity contribution in [3.8, 4) is 0 Å². The minimum Gasteiger partial charge on any atom is -0.374 e. The first kappa shape index (κ1) is 16.7. The standard InChI is InChI=1S/C13H25N3O2.ClH/c1-9(2)12(14)13(17)15-7-11-8-16(5-6-18-11)10-3-4-10;/h9-12H,3-8,14H2,1-2H3,(H,15,17);1H/t11?,12-;/m0./s1. The summed E-state index contributed by atoms with van der Waals surface area (Å²) in [6.45, 7) is 7.21. The molecule has 0 bridgehead atoms. The summed E-state index contributed by atoms with van der Waals surface area (Å²) in [6.07, 6.45) is 2.75. The molecule has 1 unspecified atom stereocenters. The fourth-order valence-corrected chi connectivity index (χ4v) is 2.27. The van der Waals surface area contributed by atoms with Crippen molar-refractivity contribution >= 4 is 18.3 Å². The lowest BCUT2D eigenvalue weighted by Crippen LogP contribution is -2.51. The number of halogens is 1. The van der Waals surface area contributed by atoms with E-state index < -0.39 is 6.04 Å². The van der Waals surface area contributed by atoms with E-state index in [1.807, 2.05) is 13.8 Å². The fraction of sp³-hybridized carbons (Fsp3) is 0.923. The summed E-state index contributed by atoms with van der Waals surface area (Å²) in [5.74, 6) is 0.0948. The summed E-state index contributed by atoms with van der Waals surface area (Å²) in [4.78, 5) is 14.2. The summed E-state index contributed by atoms with van der Waals surface area (Å²) < 4.78 is 5.68. The molecule has 0 aromatic rings. The smallest absolute Gasteiger partial charge is 0.237 e. The summed E-state index contributed by atoms with van der Waals surface area (Å²) in [5, 5.41) is 2.90. The van der Waals surface area contributed by atoms with Crippen LogP contribution in [0.15, 0.2) is 0 Å². The van der Waals surface area contributed by atoms with Crippen molar-refractivity contribution in [2.75, 3.05) is 26.2 Å². The summed E-state index contributed by atoms with van der Waals surface area (Å²) in [7, 11) is 0. The molecule has 1 aliphatic heterocycles. The van der Waals surface area contributed by atoms with Gasteiger partial charge in [-0.3, -0.25) is 9.69 Å². The molecule has 19 heavy (non-hydrogen) atoms. The van der Waals surface area contributed by atoms with Gasteiger partial charge in [-0.1, -0.05) is 13.8 Å². The van der Waals surface area contributed by atoms with Gasteiger partial charge in [0.05, 0.1) is 18.8 Å². The number of nitrogens with two attached hydrogens (primary N) is 1. The summed E-state index contributed by atoms with van der Waals surface area (Å²) in [6, 6.07) is 0.346. The number of hydrogen-bond acceptors (Lipinski definition) is 4. The van der Waals surface area contributed by atoms with Crippen molar-refractivity contribution < 1.29 is 9.53 Å². The number of nitrogens with one attached hydrogen (secondary N) is 1. The average Bonchev–Trinajstić information content (AvgIpc) is 3.19. The van der Waals surface area contributed by atoms with Gasteiger partial charge in [0.25, 0.3) is 0 Å². The second-order valence-electron chi connectivity index (χ2n) is 5.73. The highest BCUT2D eigenvalue weighted by Gasteiger charge is 2.33. The van der Waals surface area contributed by atoms with Crippen molar-refractivity contribution in [3.05, 3.63) is 0 Å². The van der Waals surface area contributed by atoms with Crippen LogP contribution in [0.3, 0.4) is 0 Å². The van der Waals surface area contributed by atoms with Gasteiger partial charge < -0.3 is 15.8 Å². The van der Waals surface area contributed by atoms with Gasteiger partial charge in [-0.25, -0.2) is 0 Å². The molecular formula is C13H26ClN3O2. The number of carbonyl (C=O) groups is 1. The predicted octanol–water partition coefficient (Wildman–Crippen LogP) is 0.371. The van der Waals surface area contributed by atoms with E-state index in [-0.39, 0.29) is 30.3 Å². The largest absolute Gasteiger partial charge is 0.374 e. The minimum atomic E-state index is -0.423. The van der Waals surface area contributed by atoms with Crippen LogP contribution in [-0.2, 0) is 9.53 Å². The van der Waals surface area contributed by atoms with Gasteiger partial charge >= 0.3 is 0 Å². The molecule has 112 valence electrons. The first-order valence-electron chi connectivity index (χ1n) is 6.97. The molecule has 6 heteroatoms. The van der Waals surface area contributed by atoms with Crippen LogP contribution >= 0.6 is 12.4 Å². The van der Waals surface area contributed by atoms with Gasteiger partial charge in [0, 0.05) is 25.7 Å². The maximum Gasteiger partial charge on any atom is 0.237 e. The first-order valence-corrected chi connectivity index (χ1v) is 6.97. The van der Waals surface area contributed by atoms with E-state index in [1.54, 1.807) is 0 Å². The Morgan fingerprint density at radius 3 is 2.74 bits per heavy atom. The first-order chi connectivity index (χ1) is 8.58. The third-order valence-electron chi connectivity index (χ3n) is 3.76. The summed E-state index contributed by atoms with van der Waals surface area (Å²) in [5.41, 5.74) is 5.80. The molecule has 1 amide bonds. The normalized spacial score (nSPS) is 25.8. The lowest BCUT2D eigenvalue weighted by molar-refractivity contribution is -0.124. The van der Waals surface area contributed by atoms with Crippen molar-refractivity contribution in [1.82, 2.24) is 10.2 Å². The topological polar surface area (TPSA) is 67.6 Å². The van der Waals surface area contributed by atoms with E-state index in [1.165, 1.54) is 12.8 Å². The third kappa shape index (κ3) is 4.91. The van der Waals surface area contributed by atoms with Gasteiger partial charge in [-0.2, -0.15) is 0 Å². The second-order valence-corrected chi connectivity index (χ2v) is 5.73. The third-order valence-corrected chi connectivity index (χ3v) is 3.76. The molecule has 0 aromatic carbocycles. The van der Waals surface area contributed by atoms with Crippen molar-refractivity contribution in [1.29, 1.82) is 0 Å². The molecule has 1 saturated carbocycles. The number of rotatable bonds is 5. The second kappa shape index (κ2) is 7.43. The number of nitrogens with zero attached hydrogens (tertiary/aromatic N) is 1. The van der Waals surface area contributed by atoms with E-state index in [2.05, 4.69) is 10.2 Å². The zero-order chi connectivity index (χ0) is 13.1. The molecule has 1 heterocycles. The minimum absolute atomic E-state index is 0. The van der Waals surface area contributed by atoms with Crippen LogP contribution in [0.1, 0.15) is 26.7 Å². The Hall–Kier alpha value is -0.360. The van der Waals surface area contributed by atoms with Crippen molar-refractivity contribution in [2.45, 2.75) is 44.9 Å². The molecule has 5 nitrogen and oxygen atoms in total. The monoisotopic (exact) mass is 291 g/mol. The van der Waals surface area contributed by atoms with Gasteiger partial charge in [-0.05, 0) is 18.8 Å². The molecule has 3 N–H and O–H groups in total. The van der Waals surface area contributed by atoms with Crippen LogP contribution < -0.4 is 11.1 Å². The Bertz CT molecular complexity index is 298. The van der Waals surface area contributed by atoms with Crippen LogP contribution in [0, 0.1) is 5.92 Å². The molecule has 1 saturated heterocycles. The number of carbonyl (C=O) groups excluding carboxylic acids is 1. The molecule has 2 rings (SSSR count). The maximum atomic E-state index is 11.7. The van der Waals surface area contributed by atoms with E-state index >= 15 is 0 Å². The Kier molecular flexibility index (Phi) is 6.53. The zero-order valence-corrected chi connectivity index (χ0v) is 12.6. The summed E-state index contributed by atoms with van der Waals surface area (Å²) >= 11 is 0. The lowest BCUT2D eigenvalue weighted by atomic mass is 10.1. The van der Waals surface area contributed by atoms with Crippen molar-refractivity contribution in [3.63, 3.8) is 0 Å². The highest BCUT2D eigenvalue weighted by atomic mass is 35.5. The van der Waals surface area contributed by atoms with Crippen LogP contribution in [0.25, 0.3) is 0 Å². The van der Waals surface area contributed by atoms with Gasteiger partial charge in [0.15, 0.2) is 0 Å². The maximum absolute atomic E-state index is 11.7. The highest BCUT2D eigenvalue weighted by molar-refractivity contribution is 5.85. The van der Waals surface area contributed by atoms with Gasteiger partial charge in [0.2, 0.25) is 5.91 Å². The molecule has 0 spiro atoms. The highest BCUT2D eigenvalue weighted by Crippen LogP contribution is 2.28. The lowest BCUT2D eigenvalue weighted by Gasteiger charge is -2.33. The van der Waals surface area contributed by atoms with E-state index in [0.29, 0.717) is 6.54 Å². The van der Waals surface area contributed by atoms with E-state index in [0.717, 1.165) is 25.7 Å². The number of morpholine rings is 1. The molecule has 2 fully saturated rings. The van der Waals surface area contributed by atoms with Crippen LogP contribution in [-0.4, -0.2) is 55.2 Å². The molecule has 0 radical (unpaired) electrons.